The smallest absolute Gasteiger partial charge is 0.166 e. The minimum atomic E-state index is -0.966. The van der Waals surface area contributed by atoms with Crippen molar-refractivity contribution >= 4 is 10.8 Å². The molecule has 0 amide bonds. The third kappa shape index (κ3) is 2.34. The molecule has 0 spiro atoms. The average molecular weight is 304 g/mol. The molecular weight excluding hydrogens is 292 g/mol. The van der Waals surface area contributed by atoms with E-state index in [0.717, 1.165) is 6.07 Å². The Labute approximate surface area is 125 Å². The first-order chi connectivity index (χ1) is 10.5. The summed E-state index contributed by atoms with van der Waals surface area (Å²) in [6.45, 7) is 1.81. The Hall–Kier alpha value is -2.36. The first-order valence-electron chi connectivity index (χ1n) is 6.87. The van der Waals surface area contributed by atoms with E-state index in [1.54, 1.807) is 6.92 Å². The lowest BCUT2D eigenvalue weighted by atomic mass is 9.98. The highest BCUT2D eigenvalue weighted by Gasteiger charge is 2.15. The predicted molar refractivity (Wildman–Crippen MR) is 78.6 cm³/mol. The Morgan fingerprint density at radius 3 is 2.09 bits per heavy atom. The topological polar surface area (TPSA) is 0 Å². The molecule has 0 saturated heterocycles. The minimum absolute atomic E-state index is 0.0785. The molecule has 0 unspecified atom stereocenters. The molecule has 22 heavy (non-hydrogen) atoms. The predicted octanol–water partition coefficient (Wildman–Crippen LogP) is 5.63. The number of hydrogen-bond acceptors (Lipinski definition) is 0. The summed E-state index contributed by atoms with van der Waals surface area (Å²) in [6.07, 6.45) is 0.524. The molecule has 0 nitrogen and oxygen atoms in total. The van der Waals surface area contributed by atoms with Gasteiger partial charge >= 0.3 is 0 Å². The van der Waals surface area contributed by atoms with Gasteiger partial charge in [-0.25, -0.2) is 17.6 Å². The zero-order valence-corrected chi connectivity index (χ0v) is 11.8. The molecule has 4 heteroatoms. The largest absolute Gasteiger partial charge is 0.206 e. The van der Waals surface area contributed by atoms with Crippen LogP contribution in [0.15, 0.2) is 42.5 Å². The fourth-order valence-electron chi connectivity index (χ4n) is 2.53. The van der Waals surface area contributed by atoms with Crippen LogP contribution in [0.3, 0.4) is 0 Å². The molecule has 0 fully saturated rings. The summed E-state index contributed by atoms with van der Waals surface area (Å²) in [5.74, 6) is -3.26. The Bertz CT molecular complexity index is 845. The van der Waals surface area contributed by atoms with Crippen molar-refractivity contribution in [1.82, 2.24) is 0 Å². The molecule has 0 bridgehead atoms. The molecule has 0 saturated carbocycles. The quantitative estimate of drug-likeness (QED) is 0.539. The second-order valence-electron chi connectivity index (χ2n) is 5.09. The monoisotopic (exact) mass is 304 g/mol. The van der Waals surface area contributed by atoms with Crippen molar-refractivity contribution in [2.24, 2.45) is 0 Å². The van der Waals surface area contributed by atoms with E-state index < -0.39 is 23.3 Å². The van der Waals surface area contributed by atoms with E-state index in [0.29, 0.717) is 17.4 Å². The van der Waals surface area contributed by atoms with Crippen LogP contribution >= 0.6 is 0 Å². The normalized spacial score (nSPS) is 11.1. The molecule has 3 rings (SSSR count). The molecule has 0 heterocycles. The number of hydrogen-bond donors (Lipinski definition) is 0. The van der Waals surface area contributed by atoms with Gasteiger partial charge in [-0.3, -0.25) is 0 Å². The number of aryl methyl sites for hydroxylation is 1. The van der Waals surface area contributed by atoms with E-state index in [4.69, 9.17) is 0 Å². The lowest BCUT2D eigenvalue weighted by Crippen LogP contribution is -1.94. The van der Waals surface area contributed by atoms with E-state index in [2.05, 4.69) is 0 Å². The average Bonchev–Trinajstić information content (AvgIpc) is 2.50. The molecule has 0 aromatic heterocycles. The summed E-state index contributed by atoms with van der Waals surface area (Å²) >= 11 is 0. The Morgan fingerprint density at radius 2 is 1.45 bits per heavy atom. The van der Waals surface area contributed by atoms with Gasteiger partial charge < -0.3 is 0 Å². The van der Waals surface area contributed by atoms with Crippen LogP contribution in [0.1, 0.15) is 12.5 Å². The van der Waals surface area contributed by atoms with Crippen molar-refractivity contribution in [3.63, 3.8) is 0 Å². The van der Waals surface area contributed by atoms with Gasteiger partial charge in [-0.15, -0.1) is 0 Å². The highest BCUT2D eigenvalue weighted by atomic mass is 19.2. The minimum Gasteiger partial charge on any atom is -0.206 e. The summed E-state index contributed by atoms with van der Waals surface area (Å²) in [5.41, 5.74) is 0.688. The molecule has 0 aliphatic heterocycles. The SMILES string of the molecule is CCc1cc(F)c(-c2ccc3c(F)c(F)ccc3c2)c(F)c1. The molecule has 0 N–H and O–H groups in total. The van der Waals surface area contributed by atoms with Crippen LogP contribution in [-0.4, -0.2) is 0 Å². The molecule has 112 valence electrons. The number of fused-ring (bicyclic) bond motifs is 1. The maximum atomic E-state index is 14.2. The van der Waals surface area contributed by atoms with Gasteiger partial charge in [-0.2, -0.15) is 0 Å². The summed E-state index contributed by atoms with van der Waals surface area (Å²) in [5, 5.41) is 0.463. The Kier molecular flexibility index (Phi) is 3.61. The number of rotatable bonds is 2. The van der Waals surface area contributed by atoms with E-state index in [-0.39, 0.29) is 16.5 Å². The zero-order chi connectivity index (χ0) is 15.9. The standard InChI is InChI=1S/C18H12F4/c1-2-10-7-15(20)17(16(21)8-10)12-3-5-13-11(9-12)4-6-14(19)18(13)22/h3-9H,2H2,1H3. The van der Waals surface area contributed by atoms with Gasteiger partial charge in [0, 0.05) is 5.39 Å². The maximum absolute atomic E-state index is 14.2. The lowest BCUT2D eigenvalue weighted by molar-refractivity contribution is 0.517. The highest BCUT2D eigenvalue weighted by molar-refractivity contribution is 5.88. The molecule has 0 radical (unpaired) electrons. The van der Waals surface area contributed by atoms with Crippen molar-refractivity contribution in [3.8, 4) is 11.1 Å². The van der Waals surface area contributed by atoms with Crippen molar-refractivity contribution in [1.29, 1.82) is 0 Å². The Morgan fingerprint density at radius 1 is 0.773 bits per heavy atom. The van der Waals surface area contributed by atoms with E-state index in [9.17, 15) is 17.6 Å². The maximum Gasteiger partial charge on any atom is 0.166 e. The van der Waals surface area contributed by atoms with E-state index >= 15 is 0 Å². The summed E-state index contributed by atoms with van der Waals surface area (Å²) in [7, 11) is 0. The van der Waals surface area contributed by atoms with Gasteiger partial charge in [0.25, 0.3) is 0 Å². The Balaban J connectivity index is 2.21. The summed E-state index contributed by atoms with van der Waals surface area (Å²) < 4.78 is 55.2. The van der Waals surface area contributed by atoms with E-state index in [1.807, 2.05) is 0 Å². The van der Waals surface area contributed by atoms with Crippen LogP contribution < -0.4 is 0 Å². The second-order valence-corrected chi connectivity index (χ2v) is 5.09. The molecule has 0 aliphatic carbocycles. The van der Waals surface area contributed by atoms with Crippen molar-refractivity contribution in [2.45, 2.75) is 13.3 Å². The van der Waals surface area contributed by atoms with Gasteiger partial charge in [0.15, 0.2) is 11.6 Å². The van der Waals surface area contributed by atoms with Crippen LogP contribution in [-0.2, 0) is 6.42 Å². The third-order valence-corrected chi connectivity index (χ3v) is 3.71. The van der Waals surface area contributed by atoms with E-state index in [1.165, 1.54) is 36.4 Å². The molecule has 0 aliphatic rings. The van der Waals surface area contributed by atoms with Crippen LogP contribution in [0.2, 0.25) is 0 Å². The van der Waals surface area contributed by atoms with Crippen molar-refractivity contribution in [2.75, 3.05) is 0 Å². The molecular formula is C18H12F4. The first kappa shape index (κ1) is 14.6. The molecule has 3 aromatic rings. The fraction of sp³-hybridized carbons (Fsp3) is 0.111. The van der Waals surface area contributed by atoms with Gasteiger partial charge in [0.1, 0.15) is 11.6 Å². The fourth-order valence-corrected chi connectivity index (χ4v) is 2.53. The second kappa shape index (κ2) is 5.44. The zero-order valence-electron chi connectivity index (χ0n) is 11.8. The van der Waals surface area contributed by atoms with Crippen LogP contribution in [0.5, 0.6) is 0 Å². The highest BCUT2D eigenvalue weighted by Crippen LogP contribution is 2.31. The van der Waals surface area contributed by atoms with Crippen LogP contribution in [0.25, 0.3) is 21.9 Å². The first-order valence-corrected chi connectivity index (χ1v) is 6.87. The summed E-state index contributed by atoms with van der Waals surface area (Å²) in [6, 6.07) is 9.11. The third-order valence-electron chi connectivity index (χ3n) is 3.71. The van der Waals surface area contributed by atoms with Gasteiger partial charge in [0.05, 0.1) is 5.56 Å². The van der Waals surface area contributed by atoms with Crippen molar-refractivity contribution in [3.05, 3.63) is 71.3 Å². The summed E-state index contributed by atoms with van der Waals surface area (Å²) in [4.78, 5) is 0. The number of halogens is 4. The van der Waals surface area contributed by atoms with Gasteiger partial charge in [-0.05, 0) is 47.2 Å². The van der Waals surface area contributed by atoms with Gasteiger partial charge in [-0.1, -0.05) is 25.1 Å². The molecule has 3 aromatic carbocycles. The van der Waals surface area contributed by atoms with Crippen molar-refractivity contribution < 1.29 is 17.6 Å². The lowest BCUT2D eigenvalue weighted by Gasteiger charge is -2.09. The molecule has 0 atom stereocenters. The van der Waals surface area contributed by atoms with Crippen LogP contribution in [0.4, 0.5) is 17.6 Å². The number of benzene rings is 3. The van der Waals surface area contributed by atoms with Crippen LogP contribution in [0, 0.1) is 23.3 Å². The van der Waals surface area contributed by atoms with Gasteiger partial charge in [0.2, 0.25) is 0 Å².